The highest BCUT2D eigenvalue weighted by Crippen LogP contribution is 2.05. The molecule has 0 spiro atoms. The van der Waals surface area contributed by atoms with Crippen molar-refractivity contribution in [3.63, 3.8) is 0 Å². The zero-order valence-electron chi connectivity index (χ0n) is 7.77. The molecule has 0 aliphatic rings. The summed E-state index contributed by atoms with van der Waals surface area (Å²) in [5.41, 5.74) is 0.868. The minimum absolute atomic E-state index is 0.590. The number of aryl methyl sites for hydroxylation is 1. The first-order valence-corrected chi connectivity index (χ1v) is 4.24. The van der Waals surface area contributed by atoms with Crippen LogP contribution in [-0.2, 0) is 6.54 Å². The predicted octanol–water partition coefficient (Wildman–Crippen LogP) is 1.39. The Morgan fingerprint density at radius 3 is 2.71 bits per heavy atom. The first-order valence-electron chi connectivity index (χ1n) is 4.24. The molecule has 2 rings (SSSR count). The summed E-state index contributed by atoms with van der Waals surface area (Å²) in [6, 6.07) is 0. The first kappa shape index (κ1) is 8.68. The standard InChI is InChI=1S/C9H10N4O/c1-7-11-2-8(3-12-7)13-5-9-4-10-6-14-9/h2-4,6,13H,5H2,1H3. The molecule has 72 valence electrons. The molecule has 0 radical (unpaired) electrons. The number of nitrogens with one attached hydrogen (secondary N) is 1. The van der Waals surface area contributed by atoms with Crippen molar-refractivity contribution in [2.24, 2.45) is 0 Å². The number of oxazole rings is 1. The Bertz CT molecular complexity index is 382. The third kappa shape index (κ3) is 2.07. The van der Waals surface area contributed by atoms with E-state index in [0.29, 0.717) is 6.54 Å². The maximum absolute atomic E-state index is 5.06. The number of hydrogen-bond acceptors (Lipinski definition) is 5. The van der Waals surface area contributed by atoms with Crippen molar-refractivity contribution in [1.29, 1.82) is 0 Å². The molecule has 1 N–H and O–H groups in total. The second kappa shape index (κ2) is 3.87. The van der Waals surface area contributed by atoms with Gasteiger partial charge in [0.05, 0.1) is 30.8 Å². The van der Waals surface area contributed by atoms with Crippen LogP contribution in [0.2, 0.25) is 0 Å². The molecule has 2 aromatic heterocycles. The average molecular weight is 190 g/mol. The van der Waals surface area contributed by atoms with Gasteiger partial charge in [-0.15, -0.1) is 0 Å². The summed E-state index contributed by atoms with van der Waals surface area (Å²) >= 11 is 0. The van der Waals surface area contributed by atoms with Crippen LogP contribution in [0.3, 0.4) is 0 Å². The molecule has 5 nitrogen and oxygen atoms in total. The highest BCUT2D eigenvalue weighted by molar-refractivity contribution is 5.37. The molecule has 0 aromatic carbocycles. The molecule has 14 heavy (non-hydrogen) atoms. The van der Waals surface area contributed by atoms with Crippen molar-refractivity contribution in [3.05, 3.63) is 36.6 Å². The van der Waals surface area contributed by atoms with E-state index in [9.17, 15) is 0 Å². The van der Waals surface area contributed by atoms with Crippen molar-refractivity contribution in [2.45, 2.75) is 13.5 Å². The van der Waals surface area contributed by atoms with E-state index in [-0.39, 0.29) is 0 Å². The van der Waals surface area contributed by atoms with Crippen molar-refractivity contribution in [2.75, 3.05) is 5.32 Å². The van der Waals surface area contributed by atoms with Gasteiger partial charge in [0.15, 0.2) is 6.39 Å². The molecular weight excluding hydrogens is 180 g/mol. The van der Waals surface area contributed by atoms with Gasteiger partial charge in [-0.05, 0) is 6.92 Å². The van der Waals surface area contributed by atoms with Crippen LogP contribution in [0.25, 0.3) is 0 Å². The van der Waals surface area contributed by atoms with E-state index in [1.807, 2.05) is 6.92 Å². The van der Waals surface area contributed by atoms with Crippen LogP contribution in [0.15, 0.2) is 29.4 Å². The molecule has 5 heteroatoms. The topological polar surface area (TPSA) is 63.8 Å². The molecule has 0 atom stereocenters. The van der Waals surface area contributed by atoms with Gasteiger partial charge >= 0.3 is 0 Å². The van der Waals surface area contributed by atoms with Gasteiger partial charge < -0.3 is 9.73 Å². The normalized spacial score (nSPS) is 10.1. The highest BCUT2D eigenvalue weighted by atomic mass is 16.3. The molecule has 0 bridgehead atoms. The van der Waals surface area contributed by atoms with Gasteiger partial charge in [-0.25, -0.2) is 15.0 Å². The summed E-state index contributed by atoms with van der Waals surface area (Å²) in [6.45, 7) is 2.44. The van der Waals surface area contributed by atoms with Gasteiger partial charge in [0.25, 0.3) is 0 Å². The van der Waals surface area contributed by atoms with Crippen LogP contribution < -0.4 is 5.32 Å². The largest absolute Gasteiger partial charge is 0.447 e. The SMILES string of the molecule is Cc1ncc(NCc2cnco2)cn1. The summed E-state index contributed by atoms with van der Waals surface area (Å²) in [6.07, 6.45) is 6.54. The lowest BCUT2D eigenvalue weighted by molar-refractivity contribution is 0.511. The quantitative estimate of drug-likeness (QED) is 0.792. The Labute approximate surface area is 81.2 Å². The monoisotopic (exact) mass is 190 g/mol. The zero-order chi connectivity index (χ0) is 9.80. The minimum Gasteiger partial charge on any atom is -0.447 e. The first-order chi connectivity index (χ1) is 6.84. The van der Waals surface area contributed by atoms with E-state index in [1.165, 1.54) is 6.39 Å². The smallest absolute Gasteiger partial charge is 0.180 e. The van der Waals surface area contributed by atoms with Gasteiger partial charge in [0.2, 0.25) is 0 Å². The van der Waals surface area contributed by atoms with E-state index in [1.54, 1.807) is 18.6 Å². The second-order valence-corrected chi connectivity index (χ2v) is 2.84. The Morgan fingerprint density at radius 1 is 1.29 bits per heavy atom. The fourth-order valence-corrected chi connectivity index (χ4v) is 1.00. The van der Waals surface area contributed by atoms with E-state index in [4.69, 9.17) is 4.42 Å². The fourth-order valence-electron chi connectivity index (χ4n) is 1.00. The van der Waals surface area contributed by atoms with Crippen molar-refractivity contribution in [3.8, 4) is 0 Å². The minimum atomic E-state index is 0.590. The van der Waals surface area contributed by atoms with Crippen LogP contribution in [0.4, 0.5) is 5.69 Å². The maximum Gasteiger partial charge on any atom is 0.180 e. The summed E-state index contributed by atoms with van der Waals surface area (Å²) < 4.78 is 5.06. The summed E-state index contributed by atoms with van der Waals surface area (Å²) in [5.74, 6) is 1.54. The van der Waals surface area contributed by atoms with Crippen LogP contribution in [0, 0.1) is 6.92 Å². The highest BCUT2D eigenvalue weighted by Gasteiger charge is 1.97. The molecule has 0 saturated heterocycles. The van der Waals surface area contributed by atoms with Crippen molar-refractivity contribution in [1.82, 2.24) is 15.0 Å². The number of rotatable bonds is 3. The molecule has 0 amide bonds. The summed E-state index contributed by atoms with van der Waals surface area (Å²) in [4.78, 5) is 11.9. The molecule has 2 heterocycles. The molecule has 0 saturated carbocycles. The lowest BCUT2D eigenvalue weighted by atomic mass is 10.4. The second-order valence-electron chi connectivity index (χ2n) is 2.84. The van der Waals surface area contributed by atoms with Gasteiger partial charge in [0, 0.05) is 0 Å². The third-order valence-electron chi connectivity index (χ3n) is 1.73. The Hall–Kier alpha value is -1.91. The van der Waals surface area contributed by atoms with Gasteiger partial charge in [-0.2, -0.15) is 0 Å². The van der Waals surface area contributed by atoms with Crippen molar-refractivity contribution < 1.29 is 4.42 Å². The molecule has 2 aromatic rings. The number of anilines is 1. The lowest BCUT2D eigenvalue weighted by Gasteiger charge is -2.02. The Kier molecular flexibility index (Phi) is 2.40. The molecule has 0 aliphatic heterocycles. The van der Waals surface area contributed by atoms with Crippen LogP contribution >= 0.6 is 0 Å². The van der Waals surface area contributed by atoms with E-state index >= 15 is 0 Å². The predicted molar refractivity (Wildman–Crippen MR) is 50.6 cm³/mol. The van der Waals surface area contributed by atoms with Crippen molar-refractivity contribution >= 4 is 5.69 Å². The van der Waals surface area contributed by atoms with Crippen LogP contribution in [-0.4, -0.2) is 15.0 Å². The fraction of sp³-hybridized carbons (Fsp3) is 0.222. The Morgan fingerprint density at radius 2 is 2.07 bits per heavy atom. The lowest BCUT2D eigenvalue weighted by Crippen LogP contribution is -1.99. The van der Waals surface area contributed by atoms with Crippen LogP contribution in [0.1, 0.15) is 11.6 Å². The average Bonchev–Trinajstić information content (AvgIpc) is 2.70. The molecule has 0 fully saturated rings. The van der Waals surface area contributed by atoms with Crippen LogP contribution in [0.5, 0.6) is 0 Å². The van der Waals surface area contributed by atoms with E-state index in [0.717, 1.165) is 17.3 Å². The van der Waals surface area contributed by atoms with Gasteiger partial charge in [0.1, 0.15) is 11.6 Å². The van der Waals surface area contributed by atoms with Gasteiger partial charge in [-0.3, -0.25) is 0 Å². The summed E-state index contributed by atoms with van der Waals surface area (Å²) in [7, 11) is 0. The third-order valence-corrected chi connectivity index (χ3v) is 1.73. The molecular formula is C9H10N4O. The number of hydrogen-bond donors (Lipinski definition) is 1. The van der Waals surface area contributed by atoms with E-state index in [2.05, 4.69) is 20.3 Å². The Balaban J connectivity index is 1.95. The number of aromatic nitrogens is 3. The molecule has 0 aliphatic carbocycles. The molecule has 0 unspecified atom stereocenters. The van der Waals surface area contributed by atoms with Gasteiger partial charge in [-0.1, -0.05) is 0 Å². The zero-order valence-corrected chi connectivity index (χ0v) is 7.77. The van der Waals surface area contributed by atoms with E-state index < -0.39 is 0 Å². The number of nitrogens with zero attached hydrogens (tertiary/aromatic N) is 3. The maximum atomic E-state index is 5.06. The summed E-state index contributed by atoms with van der Waals surface area (Å²) in [5, 5.41) is 3.12.